The second kappa shape index (κ2) is 8.20. The summed E-state index contributed by atoms with van der Waals surface area (Å²) in [6.07, 6.45) is 0. The van der Waals surface area contributed by atoms with Crippen molar-refractivity contribution < 1.29 is 9.59 Å². The van der Waals surface area contributed by atoms with Crippen LogP contribution in [0.25, 0.3) is 21.5 Å². The second-order valence-corrected chi connectivity index (χ2v) is 8.27. The zero-order valence-corrected chi connectivity index (χ0v) is 17.5. The molecule has 0 unspecified atom stereocenters. The Balaban J connectivity index is 1.42. The third-order valence-corrected chi connectivity index (χ3v) is 6.16. The molecule has 2 aromatic carbocycles. The molecule has 3 heterocycles. The number of fused-ring (bicyclic) bond motifs is 1. The fourth-order valence-corrected chi connectivity index (χ4v) is 4.41. The number of nitrogens with one attached hydrogen (secondary N) is 2. The highest BCUT2D eigenvalue weighted by atomic mass is 32.1. The van der Waals surface area contributed by atoms with Crippen LogP contribution in [0, 0.1) is 0 Å². The number of hydrogen-bond acceptors (Lipinski definition) is 5. The Bertz CT molecular complexity index is 1250. The molecule has 1 fully saturated rings. The first-order valence-corrected chi connectivity index (χ1v) is 10.9. The van der Waals surface area contributed by atoms with Crippen LogP contribution in [-0.2, 0) is 4.79 Å². The molecule has 5 rings (SSSR count). The van der Waals surface area contributed by atoms with Gasteiger partial charge in [-0.25, -0.2) is 4.98 Å². The number of anilines is 2. The molecular formula is C24H20N4O2S. The van der Waals surface area contributed by atoms with Gasteiger partial charge in [-0.05, 0) is 47.8 Å². The highest BCUT2D eigenvalue weighted by molar-refractivity contribution is 7.13. The van der Waals surface area contributed by atoms with Gasteiger partial charge in [0.25, 0.3) is 5.91 Å². The van der Waals surface area contributed by atoms with Crippen molar-refractivity contribution in [3.8, 4) is 10.6 Å². The molecule has 2 aromatic heterocycles. The van der Waals surface area contributed by atoms with E-state index in [9.17, 15) is 9.59 Å². The van der Waals surface area contributed by atoms with Crippen molar-refractivity contribution >= 4 is 45.4 Å². The van der Waals surface area contributed by atoms with Crippen LogP contribution < -0.4 is 15.5 Å². The molecule has 1 saturated heterocycles. The van der Waals surface area contributed by atoms with E-state index in [0.717, 1.165) is 33.7 Å². The lowest BCUT2D eigenvalue weighted by molar-refractivity contribution is -0.120. The number of amides is 2. The Morgan fingerprint density at radius 3 is 2.68 bits per heavy atom. The van der Waals surface area contributed by atoms with Crippen LogP contribution in [0.1, 0.15) is 10.4 Å². The van der Waals surface area contributed by atoms with E-state index in [0.29, 0.717) is 24.3 Å². The lowest BCUT2D eigenvalue weighted by atomic mass is 10.1. The first-order valence-electron chi connectivity index (χ1n) is 10.0. The van der Waals surface area contributed by atoms with Crippen molar-refractivity contribution in [2.45, 2.75) is 0 Å². The molecule has 0 saturated carbocycles. The molecule has 0 spiro atoms. The van der Waals surface area contributed by atoms with E-state index >= 15 is 0 Å². The largest absolute Gasteiger partial charge is 0.360 e. The average molecular weight is 429 g/mol. The van der Waals surface area contributed by atoms with Crippen LogP contribution in [0.2, 0.25) is 0 Å². The van der Waals surface area contributed by atoms with Crippen molar-refractivity contribution in [1.82, 2.24) is 10.3 Å². The fourth-order valence-electron chi connectivity index (χ4n) is 3.73. The molecule has 2 amide bonds. The van der Waals surface area contributed by atoms with Gasteiger partial charge in [-0.3, -0.25) is 9.59 Å². The standard InChI is InChI=1S/C24H20N4O2S/c29-23-15-28(12-11-25-23)17-9-7-16(8-10-17)26-24(30)19-14-21(22-6-3-13-31-22)27-20-5-2-1-4-18(19)20/h1-10,13-14H,11-12,15H2,(H,25,29)(H,26,30). The van der Waals surface area contributed by atoms with E-state index < -0.39 is 0 Å². The molecule has 4 aromatic rings. The lowest BCUT2D eigenvalue weighted by Gasteiger charge is -2.28. The van der Waals surface area contributed by atoms with E-state index in [-0.39, 0.29) is 11.8 Å². The molecule has 1 aliphatic rings. The van der Waals surface area contributed by atoms with Crippen LogP contribution in [0.3, 0.4) is 0 Å². The zero-order valence-electron chi connectivity index (χ0n) is 16.7. The summed E-state index contributed by atoms with van der Waals surface area (Å²) in [6, 6.07) is 21.1. The Morgan fingerprint density at radius 1 is 1.06 bits per heavy atom. The average Bonchev–Trinajstić information content (AvgIpc) is 3.34. The van der Waals surface area contributed by atoms with Crippen LogP contribution in [0.15, 0.2) is 72.1 Å². The molecule has 1 aliphatic heterocycles. The number of para-hydroxylation sites is 1. The number of carbonyl (C=O) groups excluding carboxylic acids is 2. The number of benzene rings is 2. The summed E-state index contributed by atoms with van der Waals surface area (Å²) in [5.74, 6) is -0.156. The molecule has 0 aliphatic carbocycles. The predicted molar refractivity (Wildman–Crippen MR) is 125 cm³/mol. The van der Waals surface area contributed by atoms with E-state index in [4.69, 9.17) is 4.98 Å². The predicted octanol–water partition coefficient (Wildman–Crippen LogP) is 4.15. The van der Waals surface area contributed by atoms with Gasteiger partial charge in [0, 0.05) is 29.9 Å². The number of piperazine rings is 1. The summed E-state index contributed by atoms with van der Waals surface area (Å²) in [5.41, 5.74) is 3.83. The van der Waals surface area contributed by atoms with E-state index in [1.165, 1.54) is 0 Å². The number of thiophene rings is 1. The Morgan fingerprint density at radius 2 is 1.90 bits per heavy atom. The quantitative estimate of drug-likeness (QED) is 0.512. The molecule has 31 heavy (non-hydrogen) atoms. The first-order chi connectivity index (χ1) is 15.2. The van der Waals surface area contributed by atoms with E-state index in [1.807, 2.05) is 77.0 Å². The van der Waals surface area contributed by atoms with Crippen LogP contribution in [0.4, 0.5) is 11.4 Å². The minimum atomic E-state index is -0.179. The number of carbonyl (C=O) groups is 2. The number of nitrogens with zero attached hydrogens (tertiary/aromatic N) is 2. The van der Waals surface area contributed by atoms with Crippen molar-refractivity contribution in [2.75, 3.05) is 29.9 Å². The number of hydrogen-bond donors (Lipinski definition) is 2. The fraction of sp³-hybridized carbons (Fsp3) is 0.125. The minimum absolute atomic E-state index is 0.0229. The molecule has 154 valence electrons. The maximum Gasteiger partial charge on any atom is 0.256 e. The summed E-state index contributed by atoms with van der Waals surface area (Å²) in [6.45, 7) is 1.76. The van der Waals surface area contributed by atoms with Crippen LogP contribution >= 0.6 is 11.3 Å². The van der Waals surface area contributed by atoms with Crippen molar-refractivity contribution in [3.05, 3.63) is 77.7 Å². The highest BCUT2D eigenvalue weighted by Crippen LogP contribution is 2.28. The van der Waals surface area contributed by atoms with Crippen LogP contribution in [0.5, 0.6) is 0 Å². The normalized spacial score (nSPS) is 13.8. The van der Waals surface area contributed by atoms with Crippen LogP contribution in [-0.4, -0.2) is 36.4 Å². The molecule has 7 heteroatoms. The van der Waals surface area contributed by atoms with Gasteiger partial charge < -0.3 is 15.5 Å². The summed E-state index contributed by atoms with van der Waals surface area (Å²) < 4.78 is 0. The van der Waals surface area contributed by atoms with Gasteiger partial charge in [0.2, 0.25) is 5.91 Å². The van der Waals surface area contributed by atoms with Gasteiger partial charge >= 0.3 is 0 Å². The smallest absolute Gasteiger partial charge is 0.256 e. The zero-order chi connectivity index (χ0) is 21.2. The van der Waals surface area contributed by atoms with Gasteiger partial charge in [-0.1, -0.05) is 24.3 Å². The number of aromatic nitrogens is 1. The van der Waals surface area contributed by atoms with Crippen molar-refractivity contribution in [3.63, 3.8) is 0 Å². The summed E-state index contributed by atoms with van der Waals surface area (Å²) in [5, 5.41) is 8.64. The van der Waals surface area contributed by atoms with E-state index in [1.54, 1.807) is 11.3 Å². The molecule has 6 nitrogen and oxygen atoms in total. The van der Waals surface area contributed by atoms with E-state index in [2.05, 4.69) is 10.6 Å². The van der Waals surface area contributed by atoms with Gasteiger partial charge in [0.05, 0.1) is 28.2 Å². The molecule has 0 atom stereocenters. The molecule has 2 N–H and O–H groups in total. The van der Waals surface area contributed by atoms with Gasteiger partial charge in [0.1, 0.15) is 0 Å². The molecule has 0 bridgehead atoms. The van der Waals surface area contributed by atoms with Gasteiger partial charge in [-0.15, -0.1) is 11.3 Å². The summed E-state index contributed by atoms with van der Waals surface area (Å²) in [4.78, 5) is 32.6. The third kappa shape index (κ3) is 4.00. The van der Waals surface area contributed by atoms with Gasteiger partial charge in [0.15, 0.2) is 0 Å². The number of pyridine rings is 1. The second-order valence-electron chi connectivity index (χ2n) is 7.32. The third-order valence-electron chi connectivity index (χ3n) is 5.26. The minimum Gasteiger partial charge on any atom is -0.360 e. The van der Waals surface area contributed by atoms with Gasteiger partial charge in [-0.2, -0.15) is 0 Å². The monoisotopic (exact) mass is 428 g/mol. The first kappa shape index (κ1) is 19.3. The summed E-state index contributed by atoms with van der Waals surface area (Å²) in [7, 11) is 0. The maximum atomic E-state index is 13.2. The van der Waals surface area contributed by atoms with Crippen molar-refractivity contribution in [1.29, 1.82) is 0 Å². The molecular weight excluding hydrogens is 408 g/mol. The number of rotatable bonds is 4. The Hall–Kier alpha value is -3.71. The summed E-state index contributed by atoms with van der Waals surface area (Å²) >= 11 is 1.60. The molecule has 0 radical (unpaired) electrons. The van der Waals surface area contributed by atoms with Crippen molar-refractivity contribution in [2.24, 2.45) is 0 Å². The highest BCUT2D eigenvalue weighted by Gasteiger charge is 2.17. The Kier molecular flexibility index (Phi) is 5.09. The lowest BCUT2D eigenvalue weighted by Crippen LogP contribution is -2.47. The maximum absolute atomic E-state index is 13.2. The Labute approximate surface area is 183 Å². The topological polar surface area (TPSA) is 74.3 Å². The SMILES string of the molecule is O=C1CN(c2ccc(NC(=O)c3cc(-c4cccs4)nc4ccccc34)cc2)CCN1.